The number of carbonyl (C=O) groups is 1. The van der Waals surface area contributed by atoms with Crippen molar-refractivity contribution in [2.24, 2.45) is 0 Å². The molecule has 0 saturated heterocycles. The van der Waals surface area contributed by atoms with Gasteiger partial charge in [-0.05, 0) is 30.2 Å². The van der Waals surface area contributed by atoms with Crippen molar-refractivity contribution in [3.8, 4) is 0 Å². The van der Waals surface area contributed by atoms with Crippen molar-refractivity contribution < 1.29 is 13.2 Å². The highest BCUT2D eigenvalue weighted by Gasteiger charge is 2.19. The van der Waals surface area contributed by atoms with E-state index >= 15 is 0 Å². The summed E-state index contributed by atoms with van der Waals surface area (Å²) in [6.07, 6.45) is 1.17. The van der Waals surface area contributed by atoms with E-state index < -0.39 is 10.0 Å². The summed E-state index contributed by atoms with van der Waals surface area (Å²) in [4.78, 5) is 12.0. The minimum atomic E-state index is -3.52. The summed E-state index contributed by atoms with van der Waals surface area (Å²) in [6.45, 7) is 2.31. The molecular formula is C18H21ClN2O3S. The molecule has 0 bridgehead atoms. The Hall–Kier alpha value is -2.05. The number of sulfonamides is 1. The van der Waals surface area contributed by atoms with Crippen molar-refractivity contribution in [3.05, 3.63) is 64.7 Å². The van der Waals surface area contributed by atoms with Crippen molar-refractivity contribution in [1.29, 1.82) is 0 Å². The third-order valence-corrected chi connectivity index (χ3v) is 5.32. The van der Waals surface area contributed by atoms with Gasteiger partial charge in [-0.25, -0.2) is 8.42 Å². The van der Waals surface area contributed by atoms with E-state index in [9.17, 15) is 13.2 Å². The highest BCUT2D eigenvalue weighted by Crippen LogP contribution is 2.25. The van der Waals surface area contributed by atoms with Gasteiger partial charge in [-0.1, -0.05) is 48.0 Å². The van der Waals surface area contributed by atoms with Gasteiger partial charge in [0.2, 0.25) is 15.9 Å². The molecule has 0 radical (unpaired) electrons. The Labute approximate surface area is 153 Å². The van der Waals surface area contributed by atoms with Crippen LogP contribution in [0, 0.1) is 6.92 Å². The van der Waals surface area contributed by atoms with E-state index in [1.165, 1.54) is 4.31 Å². The first-order valence-electron chi connectivity index (χ1n) is 7.82. The number of halogens is 1. The summed E-state index contributed by atoms with van der Waals surface area (Å²) in [5.41, 5.74) is 2.30. The second kappa shape index (κ2) is 8.36. The molecule has 1 N–H and O–H groups in total. The molecule has 0 fully saturated rings. The molecular weight excluding hydrogens is 360 g/mol. The molecule has 0 aliphatic carbocycles. The van der Waals surface area contributed by atoms with Crippen LogP contribution in [0.3, 0.4) is 0 Å². The van der Waals surface area contributed by atoms with Crippen molar-refractivity contribution in [1.82, 2.24) is 5.32 Å². The number of anilines is 1. The maximum absolute atomic E-state index is 12.1. The van der Waals surface area contributed by atoms with Gasteiger partial charge >= 0.3 is 0 Å². The predicted octanol–water partition coefficient (Wildman–Crippen LogP) is 3.12. The number of nitrogens with zero attached hydrogens (tertiary/aromatic N) is 1. The second-order valence-electron chi connectivity index (χ2n) is 5.78. The molecule has 0 unspecified atom stereocenters. The first-order chi connectivity index (χ1) is 11.8. The first kappa shape index (κ1) is 19.3. The highest BCUT2D eigenvalue weighted by molar-refractivity contribution is 7.92. The molecule has 0 heterocycles. The zero-order valence-corrected chi connectivity index (χ0v) is 15.8. The lowest BCUT2D eigenvalue weighted by atomic mass is 10.2. The molecule has 2 rings (SSSR count). The van der Waals surface area contributed by atoms with Crippen LogP contribution in [0.5, 0.6) is 0 Å². The van der Waals surface area contributed by atoms with Gasteiger partial charge in [-0.15, -0.1) is 0 Å². The van der Waals surface area contributed by atoms with Crippen LogP contribution in [0.2, 0.25) is 5.02 Å². The van der Waals surface area contributed by atoms with Gasteiger partial charge in [0.15, 0.2) is 0 Å². The smallest absolute Gasteiger partial charge is 0.232 e. The number of rotatable bonds is 7. The summed E-state index contributed by atoms with van der Waals surface area (Å²) in [7, 11) is -3.52. The normalized spacial score (nSPS) is 11.2. The van der Waals surface area contributed by atoms with Gasteiger partial charge in [0.1, 0.15) is 0 Å². The Morgan fingerprint density at radius 3 is 2.44 bits per heavy atom. The maximum atomic E-state index is 12.1. The molecule has 1 amide bonds. The Balaban J connectivity index is 2.00. The number of amides is 1. The number of benzene rings is 2. The van der Waals surface area contributed by atoms with E-state index in [0.717, 1.165) is 17.4 Å². The van der Waals surface area contributed by atoms with Crippen LogP contribution in [0.4, 0.5) is 5.69 Å². The first-order valence-corrected chi connectivity index (χ1v) is 10.0. The zero-order chi connectivity index (χ0) is 18.4. The minimum absolute atomic E-state index is 0.0544. The molecule has 2 aromatic rings. The summed E-state index contributed by atoms with van der Waals surface area (Å²) in [6, 6.07) is 14.6. The lowest BCUT2D eigenvalue weighted by Crippen LogP contribution is -2.34. The zero-order valence-electron chi connectivity index (χ0n) is 14.2. The number of hydrogen-bond acceptors (Lipinski definition) is 3. The topological polar surface area (TPSA) is 66.5 Å². The molecule has 2 aromatic carbocycles. The standard InChI is InChI=1S/C18H21ClN2O3S/c1-14-8-9-16(12-17(14)19)21(25(2,23)24)11-10-18(22)20-13-15-6-4-3-5-7-15/h3-9,12H,10-11,13H2,1-2H3,(H,20,22). The maximum Gasteiger partial charge on any atom is 0.232 e. The summed E-state index contributed by atoms with van der Waals surface area (Å²) < 4.78 is 25.3. The lowest BCUT2D eigenvalue weighted by molar-refractivity contribution is -0.121. The van der Waals surface area contributed by atoms with Gasteiger partial charge < -0.3 is 5.32 Å². The van der Waals surface area contributed by atoms with E-state index in [2.05, 4.69) is 5.32 Å². The fourth-order valence-electron chi connectivity index (χ4n) is 2.31. The van der Waals surface area contributed by atoms with Crippen LogP contribution in [-0.4, -0.2) is 27.1 Å². The third-order valence-electron chi connectivity index (χ3n) is 3.72. The van der Waals surface area contributed by atoms with Crippen molar-refractivity contribution >= 4 is 33.2 Å². The molecule has 0 atom stereocenters. The number of hydrogen-bond donors (Lipinski definition) is 1. The largest absolute Gasteiger partial charge is 0.352 e. The van der Waals surface area contributed by atoms with Gasteiger partial charge in [-0.2, -0.15) is 0 Å². The molecule has 0 spiro atoms. The fourth-order valence-corrected chi connectivity index (χ4v) is 3.41. The van der Waals surface area contributed by atoms with Gasteiger partial charge in [-0.3, -0.25) is 9.10 Å². The van der Waals surface area contributed by atoms with Crippen LogP contribution in [-0.2, 0) is 21.4 Å². The average molecular weight is 381 g/mol. The SMILES string of the molecule is Cc1ccc(N(CCC(=O)NCc2ccccc2)S(C)(=O)=O)cc1Cl. The molecule has 134 valence electrons. The van der Waals surface area contributed by atoms with Gasteiger partial charge in [0.25, 0.3) is 0 Å². The van der Waals surface area contributed by atoms with Crippen LogP contribution in [0.1, 0.15) is 17.5 Å². The Kier molecular flexibility index (Phi) is 6.45. The third kappa shape index (κ3) is 5.76. The highest BCUT2D eigenvalue weighted by atomic mass is 35.5. The Morgan fingerprint density at radius 1 is 1.16 bits per heavy atom. The summed E-state index contributed by atoms with van der Waals surface area (Å²) in [5, 5.41) is 3.28. The Bertz CT molecular complexity index is 839. The molecule has 7 heteroatoms. The van der Waals surface area contributed by atoms with E-state index in [4.69, 9.17) is 11.6 Å². The molecule has 25 heavy (non-hydrogen) atoms. The minimum Gasteiger partial charge on any atom is -0.352 e. The van der Waals surface area contributed by atoms with Crippen molar-refractivity contribution in [2.45, 2.75) is 19.9 Å². The summed E-state index contributed by atoms with van der Waals surface area (Å²) >= 11 is 6.09. The number of nitrogens with one attached hydrogen (secondary N) is 1. The van der Waals surface area contributed by atoms with Crippen molar-refractivity contribution in [3.63, 3.8) is 0 Å². The Morgan fingerprint density at radius 2 is 1.84 bits per heavy atom. The van der Waals surface area contributed by atoms with E-state index in [1.807, 2.05) is 37.3 Å². The van der Waals surface area contributed by atoms with E-state index in [1.54, 1.807) is 18.2 Å². The van der Waals surface area contributed by atoms with Gasteiger partial charge in [0, 0.05) is 24.5 Å². The number of aryl methyl sites for hydroxylation is 1. The van der Waals surface area contributed by atoms with Crippen LogP contribution >= 0.6 is 11.6 Å². The lowest BCUT2D eigenvalue weighted by Gasteiger charge is -2.22. The fraction of sp³-hybridized carbons (Fsp3) is 0.278. The van der Waals surface area contributed by atoms with Gasteiger partial charge in [0.05, 0.1) is 11.9 Å². The van der Waals surface area contributed by atoms with Crippen molar-refractivity contribution in [2.75, 3.05) is 17.1 Å². The molecule has 0 aromatic heterocycles. The predicted molar refractivity (Wildman–Crippen MR) is 101 cm³/mol. The van der Waals surface area contributed by atoms with Crippen LogP contribution in [0.15, 0.2) is 48.5 Å². The molecule has 0 aliphatic rings. The molecule has 0 saturated carbocycles. The average Bonchev–Trinajstić information content (AvgIpc) is 2.56. The summed E-state index contributed by atoms with van der Waals surface area (Å²) in [5.74, 6) is -0.212. The van der Waals surface area contributed by atoms with E-state index in [0.29, 0.717) is 17.3 Å². The van der Waals surface area contributed by atoms with E-state index in [-0.39, 0.29) is 18.9 Å². The van der Waals surface area contributed by atoms with Crippen LogP contribution < -0.4 is 9.62 Å². The molecule has 5 nitrogen and oxygen atoms in total. The quantitative estimate of drug-likeness (QED) is 0.802. The van der Waals surface area contributed by atoms with Crippen LogP contribution in [0.25, 0.3) is 0 Å². The number of carbonyl (C=O) groups excluding carboxylic acids is 1. The second-order valence-corrected chi connectivity index (χ2v) is 8.09. The molecule has 0 aliphatic heterocycles. The monoisotopic (exact) mass is 380 g/mol.